The standard InChI is InChI=1S/C21H23N3O3S/c1-16(25)18-6-8-19(9-7-18)28(26,27)24-12-10-17(11-13-24)14-23-15-22-20-4-2-3-5-21(20)23/h2-9,15,17H,10-14H2,1H3. The highest BCUT2D eigenvalue weighted by molar-refractivity contribution is 7.89. The number of rotatable bonds is 5. The van der Waals surface area contributed by atoms with E-state index >= 15 is 0 Å². The number of nitrogens with zero attached hydrogens (tertiary/aromatic N) is 3. The largest absolute Gasteiger partial charge is 0.330 e. The molecular weight excluding hydrogens is 374 g/mol. The fraction of sp³-hybridized carbons (Fsp3) is 0.333. The van der Waals surface area contributed by atoms with Crippen molar-refractivity contribution in [3.8, 4) is 0 Å². The van der Waals surface area contributed by atoms with Gasteiger partial charge in [-0.05, 0) is 49.9 Å². The molecule has 28 heavy (non-hydrogen) atoms. The van der Waals surface area contributed by atoms with Crippen molar-refractivity contribution in [3.05, 3.63) is 60.4 Å². The van der Waals surface area contributed by atoms with E-state index < -0.39 is 10.0 Å². The molecule has 0 atom stereocenters. The van der Waals surface area contributed by atoms with E-state index in [4.69, 9.17) is 0 Å². The smallest absolute Gasteiger partial charge is 0.243 e. The van der Waals surface area contributed by atoms with Crippen LogP contribution >= 0.6 is 0 Å². The minimum Gasteiger partial charge on any atom is -0.330 e. The minimum atomic E-state index is -3.52. The van der Waals surface area contributed by atoms with E-state index in [1.54, 1.807) is 16.4 Å². The number of piperidine rings is 1. The lowest BCUT2D eigenvalue weighted by Gasteiger charge is -2.31. The summed E-state index contributed by atoms with van der Waals surface area (Å²) in [5.74, 6) is 0.348. The zero-order valence-electron chi connectivity index (χ0n) is 15.8. The molecule has 0 bridgehead atoms. The summed E-state index contributed by atoms with van der Waals surface area (Å²) in [6.45, 7) is 3.33. The van der Waals surface area contributed by atoms with Crippen molar-refractivity contribution in [1.29, 1.82) is 0 Å². The van der Waals surface area contributed by atoms with Gasteiger partial charge in [0.05, 0.1) is 22.3 Å². The summed E-state index contributed by atoms with van der Waals surface area (Å²) >= 11 is 0. The first-order valence-corrected chi connectivity index (χ1v) is 10.9. The van der Waals surface area contributed by atoms with Gasteiger partial charge in [-0.2, -0.15) is 4.31 Å². The summed E-state index contributed by atoms with van der Waals surface area (Å²) in [6, 6.07) is 14.2. The SMILES string of the molecule is CC(=O)c1ccc(S(=O)(=O)N2CCC(Cn3cnc4ccccc43)CC2)cc1. The van der Waals surface area contributed by atoms with Crippen molar-refractivity contribution < 1.29 is 13.2 Å². The summed E-state index contributed by atoms with van der Waals surface area (Å²) < 4.78 is 29.5. The van der Waals surface area contributed by atoms with Crippen LogP contribution in [0.4, 0.5) is 0 Å². The fourth-order valence-corrected chi connectivity index (χ4v) is 5.25. The third kappa shape index (κ3) is 3.59. The molecule has 1 aliphatic heterocycles. The Labute approximate surface area is 164 Å². The number of sulfonamides is 1. The Kier molecular flexibility index (Phi) is 5.03. The van der Waals surface area contributed by atoms with Gasteiger partial charge in [-0.25, -0.2) is 13.4 Å². The monoisotopic (exact) mass is 397 g/mol. The van der Waals surface area contributed by atoms with Crippen molar-refractivity contribution in [2.45, 2.75) is 31.2 Å². The van der Waals surface area contributed by atoms with E-state index in [1.807, 2.05) is 24.5 Å². The molecule has 0 amide bonds. The number of carbonyl (C=O) groups excluding carboxylic acids is 1. The molecule has 7 heteroatoms. The van der Waals surface area contributed by atoms with Crippen LogP contribution in [0.1, 0.15) is 30.1 Å². The second-order valence-electron chi connectivity index (χ2n) is 7.31. The van der Waals surface area contributed by atoms with Gasteiger partial charge in [0.15, 0.2) is 5.78 Å². The Bertz CT molecular complexity index is 1100. The molecular formula is C21H23N3O3S. The zero-order chi connectivity index (χ0) is 19.7. The van der Waals surface area contributed by atoms with E-state index in [0.29, 0.717) is 24.6 Å². The molecule has 146 valence electrons. The van der Waals surface area contributed by atoms with Crippen LogP contribution in [0.3, 0.4) is 0 Å². The maximum atomic E-state index is 12.9. The molecule has 2 heterocycles. The maximum absolute atomic E-state index is 12.9. The van der Waals surface area contributed by atoms with Gasteiger partial charge in [-0.15, -0.1) is 0 Å². The van der Waals surface area contributed by atoms with Crippen molar-refractivity contribution in [3.63, 3.8) is 0 Å². The Balaban J connectivity index is 1.42. The first-order valence-electron chi connectivity index (χ1n) is 9.46. The van der Waals surface area contributed by atoms with Gasteiger partial charge < -0.3 is 4.57 Å². The third-order valence-corrected chi connectivity index (χ3v) is 7.37. The number of carbonyl (C=O) groups is 1. The van der Waals surface area contributed by atoms with E-state index in [2.05, 4.69) is 15.6 Å². The van der Waals surface area contributed by atoms with Crippen molar-refractivity contribution in [2.24, 2.45) is 5.92 Å². The molecule has 1 saturated heterocycles. The van der Waals surface area contributed by atoms with Crippen LogP contribution in [0.25, 0.3) is 11.0 Å². The average molecular weight is 398 g/mol. The topological polar surface area (TPSA) is 72.3 Å². The minimum absolute atomic E-state index is 0.0724. The lowest BCUT2D eigenvalue weighted by atomic mass is 9.98. The van der Waals surface area contributed by atoms with Crippen LogP contribution in [-0.4, -0.2) is 41.1 Å². The summed E-state index contributed by atoms with van der Waals surface area (Å²) in [7, 11) is -3.52. The summed E-state index contributed by atoms with van der Waals surface area (Å²) in [4.78, 5) is 16.1. The highest BCUT2D eigenvalue weighted by atomic mass is 32.2. The molecule has 1 fully saturated rings. The molecule has 0 radical (unpaired) electrons. The molecule has 2 aromatic carbocycles. The number of hydrogen-bond donors (Lipinski definition) is 0. The van der Waals surface area contributed by atoms with Crippen molar-refractivity contribution in [1.82, 2.24) is 13.9 Å². The lowest BCUT2D eigenvalue weighted by Crippen LogP contribution is -2.39. The van der Waals surface area contributed by atoms with Gasteiger partial charge >= 0.3 is 0 Å². The predicted octanol–water partition coefficient (Wildman–Crippen LogP) is 3.34. The van der Waals surface area contributed by atoms with Gasteiger partial charge in [0, 0.05) is 25.2 Å². The second-order valence-corrected chi connectivity index (χ2v) is 9.25. The van der Waals surface area contributed by atoms with Crippen LogP contribution in [0, 0.1) is 5.92 Å². The highest BCUT2D eigenvalue weighted by Gasteiger charge is 2.29. The highest BCUT2D eigenvalue weighted by Crippen LogP contribution is 2.26. The van der Waals surface area contributed by atoms with Crippen molar-refractivity contribution in [2.75, 3.05) is 13.1 Å². The third-order valence-electron chi connectivity index (χ3n) is 5.45. The number of Topliss-reactive ketones (excluding diaryl/α,β-unsaturated/α-hetero) is 1. The maximum Gasteiger partial charge on any atom is 0.243 e. The van der Waals surface area contributed by atoms with Gasteiger partial charge in [0.2, 0.25) is 10.0 Å². The van der Waals surface area contributed by atoms with E-state index in [-0.39, 0.29) is 10.7 Å². The number of imidazole rings is 1. The Morgan fingerprint density at radius 1 is 1.07 bits per heavy atom. The van der Waals surface area contributed by atoms with Gasteiger partial charge in [0.25, 0.3) is 0 Å². The summed E-state index contributed by atoms with van der Waals surface area (Å²) in [5, 5.41) is 0. The Morgan fingerprint density at radius 3 is 2.43 bits per heavy atom. The average Bonchev–Trinajstić information content (AvgIpc) is 3.11. The van der Waals surface area contributed by atoms with E-state index in [0.717, 1.165) is 30.4 Å². The Morgan fingerprint density at radius 2 is 1.75 bits per heavy atom. The number of ketones is 1. The zero-order valence-corrected chi connectivity index (χ0v) is 16.6. The van der Waals surface area contributed by atoms with Crippen LogP contribution in [0.5, 0.6) is 0 Å². The van der Waals surface area contributed by atoms with Crippen LogP contribution < -0.4 is 0 Å². The number of benzene rings is 2. The normalized spacial score (nSPS) is 16.5. The van der Waals surface area contributed by atoms with E-state index in [1.165, 1.54) is 19.1 Å². The molecule has 3 aromatic rings. The number of aromatic nitrogens is 2. The van der Waals surface area contributed by atoms with Crippen molar-refractivity contribution >= 4 is 26.8 Å². The second kappa shape index (κ2) is 7.48. The molecule has 4 rings (SSSR count). The molecule has 1 aromatic heterocycles. The number of para-hydroxylation sites is 2. The lowest BCUT2D eigenvalue weighted by molar-refractivity contribution is 0.101. The van der Waals surface area contributed by atoms with Gasteiger partial charge in [0.1, 0.15) is 0 Å². The fourth-order valence-electron chi connectivity index (χ4n) is 3.78. The predicted molar refractivity (Wildman–Crippen MR) is 108 cm³/mol. The first kappa shape index (κ1) is 18.8. The molecule has 0 spiro atoms. The first-order chi connectivity index (χ1) is 13.4. The molecule has 6 nitrogen and oxygen atoms in total. The molecule has 0 N–H and O–H groups in total. The number of hydrogen-bond acceptors (Lipinski definition) is 4. The summed E-state index contributed by atoms with van der Waals surface area (Å²) in [6.07, 6.45) is 3.50. The van der Waals surface area contributed by atoms with Crippen LogP contribution in [0.2, 0.25) is 0 Å². The Hall–Kier alpha value is -2.51. The molecule has 1 aliphatic rings. The van der Waals surface area contributed by atoms with Gasteiger partial charge in [-0.1, -0.05) is 24.3 Å². The van der Waals surface area contributed by atoms with Crippen LogP contribution in [0.15, 0.2) is 59.8 Å². The molecule has 0 aliphatic carbocycles. The quantitative estimate of drug-likeness (QED) is 0.619. The van der Waals surface area contributed by atoms with Crippen LogP contribution in [-0.2, 0) is 16.6 Å². The van der Waals surface area contributed by atoms with Gasteiger partial charge in [-0.3, -0.25) is 4.79 Å². The molecule has 0 unspecified atom stereocenters. The van der Waals surface area contributed by atoms with E-state index in [9.17, 15) is 13.2 Å². The molecule has 0 saturated carbocycles. The summed E-state index contributed by atoms with van der Waals surface area (Å²) in [5.41, 5.74) is 2.62. The number of fused-ring (bicyclic) bond motifs is 1.